The summed E-state index contributed by atoms with van der Waals surface area (Å²) in [6.45, 7) is 3.95. The molecule has 3 rings (SSSR count). The van der Waals surface area contributed by atoms with Crippen LogP contribution in [0.4, 0.5) is 0 Å². The van der Waals surface area contributed by atoms with E-state index in [1.807, 2.05) is 24.0 Å². The first-order valence-corrected chi connectivity index (χ1v) is 13.0. The molecule has 1 saturated heterocycles. The van der Waals surface area contributed by atoms with E-state index in [1.165, 1.54) is 17.7 Å². The molecular formula is C25H34N2O5S. The number of aryl methyl sites for hydroxylation is 1. The van der Waals surface area contributed by atoms with E-state index in [2.05, 4.69) is 16.9 Å². The predicted octanol–water partition coefficient (Wildman–Crippen LogP) is 3.63. The van der Waals surface area contributed by atoms with E-state index in [-0.39, 0.29) is 23.8 Å². The molecule has 180 valence electrons. The van der Waals surface area contributed by atoms with Gasteiger partial charge in [0.1, 0.15) is 11.5 Å². The van der Waals surface area contributed by atoms with Gasteiger partial charge in [0.2, 0.25) is 15.9 Å². The van der Waals surface area contributed by atoms with Crippen molar-refractivity contribution in [2.75, 3.05) is 33.4 Å². The number of carbonyl (C=O) groups excluding carboxylic acids is 1. The van der Waals surface area contributed by atoms with Crippen LogP contribution in [-0.4, -0.2) is 52.6 Å². The zero-order valence-corrected chi connectivity index (χ0v) is 20.3. The maximum Gasteiger partial charge on any atom is 0.240 e. The minimum Gasteiger partial charge on any atom is -0.497 e. The molecule has 1 N–H and O–H groups in total. The Balaban J connectivity index is 1.37. The molecule has 2 aromatic rings. The first-order chi connectivity index (χ1) is 15.9. The summed E-state index contributed by atoms with van der Waals surface area (Å²) >= 11 is 0. The van der Waals surface area contributed by atoms with E-state index < -0.39 is 10.0 Å². The molecule has 0 aliphatic carbocycles. The van der Waals surface area contributed by atoms with Gasteiger partial charge in [-0.2, -0.15) is 0 Å². The number of carbonyl (C=O) groups is 1. The zero-order valence-electron chi connectivity index (χ0n) is 19.5. The number of nitrogens with one attached hydrogen (secondary N) is 1. The summed E-state index contributed by atoms with van der Waals surface area (Å²) in [7, 11) is -1.98. The standard InChI is InChI=1S/C25H34N2O5S/c1-3-32-23-10-12-24(13-11-23)33(29,30)26-17-14-25(28)27-18-15-21(16-19-27)5-4-20-6-8-22(31-2)9-7-20/h6-13,21,26H,3-5,14-19H2,1-2H3. The second kappa shape index (κ2) is 12.0. The monoisotopic (exact) mass is 474 g/mol. The highest BCUT2D eigenvalue weighted by atomic mass is 32.2. The molecule has 0 spiro atoms. The van der Waals surface area contributed by atoms with Gasteiger partial charge in [-0.15, -0.1) is 0 Å². The lowest BCUT2D eigenvalue weighted by Gasteiger charge is -2.32. The van der Waals surface area contributed by atoms with Crippen molar-refractivity contribution in [3.05, 3.63) is 54.1 Å². The van der Waals surface area contributed by atoms with E-state index in [1.54, 1.807) is 19.2 Å². The van der Waals surface area contributed by atoms with E-state index >= 15 is 0 Å². The summed E-state index contributed by atoms with van der Waals surface area (Å²) in [6.07, 6.45) is 4.26. The Bertz CT molecular complexity index is 982. The van der Waals surface area contributed by atoms with Gasteiger partial charge in [0.25, 0.3) is 0 Å². The molecule has 0 aromatic heterocycles. The van der Waals surface area contributed by atoms with Crippen LogP contribution in [0, 0.1) is 5.92 Å². The minimum atomic E-state index is -3.65. The number of piperidine rings is 1. The number of methoxy groups -OCH3 is 1. The van der Waals surface area contributed by atoms with Gasteiger partial charge in [-0.25, -0.2) is 13.1 Å². The Morgan fingerprint density at radius 2 is 1.67 bits per heavy atom. The SMILES string of the molecule is CCOc1ccc(S(=O)(=O)NCCC(=O)N2CCC(CCc3ccc(OC)cc3)CC2)cc1. The van der Waals surface area contributed by atoms with Crippen LogP contribution in [-0.2, 0) is 21.2 Å². The maximum atomic E-state index is 12.5. The number of hydrogen-bond acceptors (Lipinski definition) is 5. The topological polar surface area (TPSA) is 84.9 Å². The zero-order chi connectivity index (χ0) is 23.7. The molecule has 1 amide bonds. The first kappa shape index (κ1) is 25.1. The highest BCUT2D eigenvalue weighted by molar-refractivity contribution is 7.89. The van der Waals surface area contributed by atoms with Crippen molar-refractivity contribution in [2.24, 2.45) is 5.92 Å². The van der Waals surface area contributed by atoms with Gasteiger partial charge in [0.15, 0.2) is 0 Å². The summed E-state index contributed by atoms with van der Waals surface area (Å²) < 4.78 is 37.9. The smallest absolute Gasteiger partial charge is 0.240 e. The highest BCUT2D eigenvalue weighted by Gasteiger charge is 2.23. The Morgan fingerprint density at radius 3 is 2.27 bits per heavy atom. The predicted molar refractivity (Wildman–Crippen MR) is 128 cm³/mol. The number of sulfonamides is 1. The summed E-state index contributed by atoms with van der Waals surface area (Å²) in [6, 6.07) is 14.4. The molecular weight excluding hydrogens is 440 g/mol. The van der Waals surface area contributed by atoms with Crippen molar-refractivity contribution in [3.63, 3.8) is 0 Å². The van der Waals surface area contributed by atoms with Crippen molar-refractivity contribution in [1.82, 2.24) is 9.62 Å². The number of ether oxygens (including phenoxy) is 2. The molecule has 7 nitrogen and oxygen atoms in total. The van der Waals surface area contributed by atoms with E-state index in [0.717, 1.165) is 44.5 Å². The quantitative estimate of drug-likeness (QED) is 0.538. The van der Waals surface area contributed by atoms with Crippen LogP contribution in [0.2, 0.25) is 0 Å². The molecule has 0 unspecified atom stereocenters. The third kappa shape index (κ3) is 7.47. The van der Waals surface area contributed by atoms with E-state index in [9.17, 15) is 13.2 Å². The lowest BCUT2D eigenvalue weighted by molar-refractivity contribution is -0.132. The fourth-order valence-corrected chi connectivity index (χ4v) is 5.08. The van der Waals surface area contributed by atoms with Gasteiger partial charge in [-0.3, -0.25) is 4.79 Å². The number of likely N-dealkylation sites (tertiary alicyclic amines) is 1. The number of benzene rings is 2. The number of nitrogens with zero attached hydrogens (tertiary/aromatic N) is 1. The Kier molecular flexibility index (Phi) is 9.14. The second-order valence-electron chi connectivity index (χ2n) is 8.26. The third-order valence-corrected chi connectivity index (χ3v) is 7.52. The molecule has 8 heteroatoms. The van der Waals surface area contributed by atoms with Crippen LogP contribution in [0.3, 0.4) is 0 Å². The molecule has 0 saturated carbocycles. The van der Waals surface area contributed by atoms with Gasteiger partial charge in [0, 0.05) is 26.1 Å². The molecule has 0 bridgehead atoms. The first-order valence-electron chi connectivity index (χ1n) is 11.5. The van der Waals surface area contributed by atoms with E-state index in [0.29, 0.717) is 18.3 Å². The third-order valence-electron chi connectivity index (χ3n) is 6.04. The highest BCUT2D eigenvalue weighted by Crippen LogP contribution is 2.23. The Morgan fingerprint density at radius 1 is 1.03 bits per heavy atom. The average molecular weight is 475 g/mol. The van der Waals surface area contributed by atoms with Crippen LogP contribution in [0.5, 0.6) is 11.5 Å². The van der Waals surface area contributed by atoms with Crippen molar-refractivity contribution in [3.8, 4) is 11.5 Å². The van der Waals surface area contributed by atoms with Gasteiger partial charge in [-0.05, 0) is 80.5 Å². The van der Waals surface area contributed by atoms with Crippen molar-refractivity contribution in [1.29, 1.82) is 0 Å². The van der Waals surface area contributed by atoms with Crippen molar-refractivity contribution < 1.29 is 22.7 Å². The number of amides is 1. The van der Waals surface area contributed by atoms with Crippen molar-refractivity contribution >= 4 is 15.9 Å². The summed E-state index contributed by atoms with van der Waals surface area (Å²) in [5, 5.41) is 0. The van der Waals surface area contributed by atoms with Crippen molar-refractivity contribution in [2.45, 2.75) is 43.9 Å². The minimum absolute atomic E-state index is 0.00185. The molecule has 0 atom stereocenters. The summed E-state index contributed by atoms with van der Waals surface area (Å²) in [4.78, 5) is 14.6. The maximum absolute atomic E-state index is 12.5. The van der Waals surface area contributed by atoms with E-state index in [4.69, 9.17) is 9.47 Å². The van der Waals surface area contributed by atoms with Crippen LogP contribution in [0.25, 0.3) is 0 Å². The summed E-state index contributed by atoms with van der Waals surface area (Å²) in [5.74, 6) is 2.10. The van der Waals surface area contributed by atoms with Crippen LogP contribution < -0.4 is 14.2 Å². The van der Waals surface area contributed by atoms with Crippen LogP contribution in [0.1, 0.15) is 38.2 Å². The van der Waals surface area contributed by atoms with Gasteiger partial charge >= 0.3 is 0 Å². The second-order valence-corrected chi connectivity index (χ2v) is 10.0. The van der Waals surface area contributed by atoms with Gasteiger partial charge in [0.05, 0.1) is 18.6 Å². The normalized spacial score (nSPS) is 14.8. The average Bonchev–Trinajstić information content (AvgIpc) is 2.84. The molecule has 0 radical (unpaired) electrons. The summed E-state index contributed by atoms with van der Waals surface area (Å²) in [5.41, 5.74) is 1.30. The van der Waals surface area contributed by atoms with Gasteiger partial charge in [-0.1, -0.05) is 12.1 Å². The molecule has 2 aromatic carbocycles. The fourth-order valence-electron chi connectivity index (χ4n) is 4.05. The van der Waals surface area contributed by atoms with Crippen LogP contribution in [0.15, 0.2) is 53.4 Å². The molecule has 1 aliphatic rings. The lowest BCUT2D eigenvalue weighted by atomic mass is 9.90. The Hall–Kier alpha value is -2.58. The number of rotatable bonds is 11. The van der Waals surface area contributed by atoms with Crippen LogP contribution >= 0.6 is 0 Å². The number of hydrogen-bond donors (Lipinski definition) is 1. The largest absolute Gasteiger partial charge is 0.497 e. The molecule has 33 heavy (non-hydrogen) atoms. The molecule has 1 aliphatic heterocycles. The molecule has 1 fully saturated rings. The lowest BCUT2D eigenvalue weighted by Crippen LogP contribution is -2.40. The Labute approximate surface area is 197 Å². The van der Waals surface area contributed by atoms with Gasteiger partial charge < -0.3 is 14.4 Å². The fraction of sp³-hybridized carbons (Fsp3) is 0.480. The molecule has 1 heterocycles.